The summed E-state index contributed by atoms with van der Waals surface area (Å²) in [5, 5.41) is 0. The number of anilines is 1. The van der Waals surface area contributed by atoms with Gasteiger partial charge in [0.1, 0.15) is 5.75 Å². The van der Waals surface area contributed by atoms with Crippen molar-refractivity contribution in [3.63, 3.8) is 0 Å². The quantitative estimate of drug-likeness (QED) is 0.863. The largest absolute Gasteiger partial charge is 0.494 e. The number of carbonyl (C=O) groups excluding carboxylic acids is 1. The third-order valence-corrected chi connectivity index (χ3v) is 2.68. The molecule has 17 heavy (non-hydrogen) atoms. The van der Waals surface area contributed by atoms with Crippen LogP contribution in [0.1, 0.15) is 13.3 Å². The molecule has 1 saturated heterocycles. The Bertz CT molecular complexity index is 437. The maximum atomic E-state index is 13.8. The first-order valence-electron chi connectivity index (χ1n) is 5.60. The van der Waals surface area contributed by atoms with Crippen molar-refractivity contribution in [2.45, 2.75) is 19.4 Å². The van der Waals surface area contributed by atoms with E-state index in [-0.39, 0.29) is 24.1 Å². The van der Waals surface area contributed by atoms with Gasteiger partial charge in [-0.25, -0.2) is 4.39 Å². The van der Waals surface area contributed by atoms with E-state index >= 15 is 0 Å². The second-order valence-electron chi connectivity index (χ2n) is 4.01. The van der Waals surface area contributed by atoms with Crippen molar-refractivity contribution in [2.75, 3.05) is 18.1 Å². The predicted octanol–water partition coefficient (Wildman–Crippen LogP) is 1.29. The van der Waals surface area contributed by atoms with Gasteiger partial charge in [0.2, 0.25) is 5.91 Å². The zero-order valence-corrected chi connectivity index (χ0v) is 9.65. The molecular weight excluding hydrogens is 223 g/mol. The van der Waals surface area contributed by atoms with E-state index in [9.17, 15) is 9.18 Å². The van der Waals surface area contributed by atoms with Gasteiger partial charge in [0.05, 0.1) is 12.3 Å². The van der Waals surface area contributed by atoms with Crippen LogP contribution in [-0.2, 0) is 4.79 Å². The summed E-state index contributed by atoms with van der Waals surface area (Å²) in [7, 11) is 0. The number of rotatable bonds is 3. The molecule has 0 aromatic heterocycles. The van der Waals surface area contributed by atoms with Gasteiger partial charge in [-0.2, -0.15) is 0 Å². The fraction of sp³-hybridized carbons (Fsp3) is 0.417. The molecule has 2 N–H and O–H groups in total. The Morgan fingerprint density at radius 3 is 2.88 bits per heavy atom. The minimum absolute atomic E-state index is 0.138. The zero-order valence-electron chi connectivity index (χ0n) is 9.65. The smallest absolute Gasteiger partial charge is 0.228 e. The summed E-state index contributed by atoms with van der Waals surface area (Å²) in [6.45, 7) is 2.67. The second-order valence-corrected chi connectivity index (χ2v) is 4.01. The Kier molecular flexibility index (Phi) is 3.28. The number of nitrogens with zero attached hydrogens (tertiary/aromatic N) is 1. The summed E-state index contributed by atoms with van der Waals surface area (Å²) in [5.74, 6) is -0.136. The number of ether oxygens (including phenoxy) is 1. The van der Waals surface area contributed by atoms with Gasteiger partial charge >= 0.3 is 0 Å². The molecule has 0 aliphatic carbocycles. The van der Waals surface area contributed by atoms with Crippen LogP contribution in [-0.4, -0.2) is 25.1 Å². The van der Waals surface area contributed by atoms with Crippen LogP contribution in [0, 0.1) is 5.82 Å². The van der Waals surface area contributed by atoms with E-state index in [2.05, 4.69) is 0 Å². The second kappa shape index (κ2) is 4.71. The number of halogens is 1. The molecule has 1 aromatic carbocycles. The molecule has 92 valence electrons. The Balaban J connectivity index is 2.24. The van der Waals surface area contributed by atoms with Gasteiger partial charge in [-0.15, -0.1) is 0 Å². The van der Waals surface area contributed by atoms with Crippen LogP contribution in [0.2, 0.25) is 0 Å². The molecule has 0 spiro atoms. The number of benzene rings is 1. The minimum Gasteiger partial charge on any atom is -0.494 e. The standard InChI is InChI=1S/C12H15FN2O2/c1-2-17-9-3-4-11(10(13)6-9)15-7-8(14)5-12(15)16/h3-4,6,8H,2,5,7,14H2,1H3. The van der Waals surface area contributed by atoms with Gasteiger partial charge in [0.25, 0.3) is 0 Å². The average molecular weight is 238 g/mol. The highest BCUT2D eigenvalue weighted by atomic mass is 19.1. The molecule has 1 unspecified atom stereocenters. The lowest BCUT2D eigenvalue weighted by atomic mass is 10.2. The normalized spacial score (nSPS) is 19.8. The molecule has 0 radical (unpaired) electrons. The molecule has 1 aliphatic heterocycles. The topological polar surface area (TPSA) is 55.6 Å². The molecule has 0 bridgehead atoms. The zero-order chi connectivity index (χ0) is 12.4. The summed E-state index contributed by atoms with van der Waals surface area (Å²) >= 11 is 0. The third-order valence-electron chi connectivity index (χ3n) is 2.68. The van der Waals surface area contributed by atoms with Gasteiger partial charge in [0.15, 0.2) is 5.82 Å². The van der Waals surface area contributed by atoms with Crippen LogP contribution in [0.4, 0.5) is 10.1 Å². The molecule has 1 atom stereocenters. The maximum absolute atomic E-state index is 13.8. The predicted molar refractivity (Wildman–Crippen MR) is 62.5 cm³/mol. The molecule has 0 saturated carbocycles. The molecule has 1 fully saturated rings. The minimum atomic E-state index is -0.460. The van der Waals surface area contributed by atoms with Gasteiger partial charge in [0, 0.05) is 25.1 Å². The molecule has 1 aromatic rings. The summed E-state index contributed by atoms with van der Waals surface area (Å²) in [6.07, 6.45) is 0.270. The Hall–Kier alpha value is -1.62. The summed E-state index contributed by atoms with van der Waals surface area (Å²) in [6, 6.07) is 4.28. The fourth-order valence-electron chi connectivity index (χ4n) is 1.93. The molecule has 1 amide bonds. The molecule has 5 heteroatoms. The van der Waals surface area contributed by atoms with E-state index < -0.39 is 5.82 Å². The van der Waals surface area contributed by atoms with Crippen LogP contribution in [0.5, 0.6) is 5.75 Å². The lowest BCUT2D eigenvalue weighted by Crippen LogP contribution is -2.28. The average Bonchev–Trinajstić information content (AvgIpc) is 2.58. The first kappa shape index (κ1) is 11.9. The van der Waals surface area contributed by atoms with Crippen LogP contribution >= 0.6 is 0 Å². The van der Waals surface area contributed by atoms with Crippen molar-refractivity contribution >= 4 is 11.6 Å². The number of amides is 1. The lowest BCUT2D eigenvalue weighted by molar-refractivity contribution is -0.117. The van der Waals surface area contributed by atoms with E-state index in [0.717, 1.165) is 0 Å². The van der Waals surface area contributed by atoms with E-state index in [1.54, 1.807) is 12.1 Å². The van der Waals surface area contributed by atoms with Crippen LogP contribution in [0.25, 0.3) is 0 Å². The molecule has 4 nitrogen and oxygen atoms in total. The highest BCUT2D eigenvalue weighted by Crippen LogP contribution is 2.27. The van der Waals surface area contributed by atoms with Gasteiger partial charge < -0.3 is 15.4 Å². The Morgan fingerprint density at radius 2 is 2.35 bits per heavy atom. The number of carbonyl (C=O) groups is 1. The van der Waals surface area contributed by atoms with Crippen LogP contribution < -0.4 is 15.4 Å². The SMILES string of the molecule is CCOc1ccc(N2CC(N)CC2=O)c(F)c1. The number of hydrogen-bond donors (Lipinski definition) is 1. The van der Waals surface area contributed by atoms with E-state index in [0.29, 0.717) is 18.9 Å². The Morgan fingerprint density at radius 1 is 1.59 bits per heavy atom. The third kappa shape index (κ3) is 2.39. The van der Waals surface area contributed by atoms with E-state index in [1.807, 2.05) is 6.92 Å². The summed E-state index contributed by atoms with van der Waals surface area (Å²) in [5.41, 5.74) is 5.94. The number of nitrogens with two attached hydrogens (primary N) is 1. The highest BCUT2D eigenvalue weighted by Gasteiger charge is 2.29. The van der Waals surface area contributed by atoms with Crippen molar-refractivity contribution in [3.8, 4) is 5.75 Å². The van der Waals surface area contributed by atoms with E-state index in [4.69, 9.17) is 10.5 Å². The first-order valence-corrected chi connectivity index (χ1v) is 5.60. The van der Waals surface area contributed by atoms with Crippen molar-refractivity contribution in [2.24, 2.45) is 5.73 Å². The van der Waals surface area contributed by atoms with Gasteiger partial charge in [-0.3, -0.25) is 4.79 Å². The van der Waals surface area contributed by atoms with Gasteiger partial charge in [-0.05, 0) is 19.1 Å². The van der Waals surface area contributed by atoms with E-state index in [1.165, 1.54) is 11.0 Å². The Labute approximate surface area is 99.2 Å². The maximum Gasteiger partial charge on any atom is 0.228 e. The molecule has 1 aliphatic rings. The monoisotopic (exact) mass is 238 g/mol. The van der Waals surface area contributed by atoms with Crippen molar-refractivity contribution in [1.82, 2.24) is 0 Å². The molecule has 2 rings (SSSR count). The highest BCUT2D eigenvalue weighted by molar-refractivity contribution is 5.96. The fourth-order valence-corrected chi connectivity index (χ4v) is 1.93. The van der Waals surface area contributed by atoms with Crippen LogP contribution in [0.15, 0.2) is 18.2 Å². The lowest BCUT2D eigenvalue weighted by Gasteiger charge is -2.17. The molecular formula is C12H15FN2O2. The summed E-state index contributed by atoms with van der Waals surface area (Å²) in [4.78, 5) is 13.0. The summed E-state index contributed by atoms with van der Waals surface area (Å²) < 4.78 is 19.0. The van der Waals surface area contributed by atoms with Gasteiger partial charge in [-0.1, -0.05) is 0 Å². The first-order chi connectivity index (χ1) is 8.11. The van der Waals surface area contributed by atoms with Crippen LogP contribution in [0.3, 0.4) is 0 Å². The van der Waals surface area contributed by atoms with Crippen molar-refractivity contribution in [1.29, 1.82) is 0 Å². The molecule has 1 heterocycles. The van der Waals surface area contributed by atoms with Crippen molar-refractivity contribution in [3.05, 3.63) is 24.0 Å². The number of hydrogen-bond acceptors (Lipinski definition) is 3. The van der Waals surface area contributed by atoms with Crippen molar-refractivity contribution < 1.29 is 13.9 Å².